The third kappa shape index (κ3) is 3.59. The number of rotatable bonds is 2. The van der Waals surface area contributed by atoms with Gasteiger partial charge in [-0.05, 0) is 44.5 Å². The van der Waals surface area contributed by atoms with Crippen molar-refractivity contribution < 1.29 is 4.79 Å². The van der Waals surface area contributed by atoms with Crippen molar-refractivity contribution in [3.8, 4) is 0 Å². The van der Waals surface area contributed by atoms with Gasteiger partial charge in [0.2, 0.25) is 0 Å². The molecule has 0 saturated carbocycles. The Morgan fingerprint density at radius 3 is 2.38 bits per heavy atom. The van der Waals surface area contributed by atoms with Gasteiger partial charge in [-0.15, -0.1) is 0 Å². The molecule has 3 rings (SSSR count). The lowest BCUT2D eigenvalue weighted by Gasteiger charge is -2.35. The predicted octanol–water partition coefficient (Wildman–Crippen LogP) is 2.06. The highest BCUT2D eigenvalue weighted by molar-refractivity contribution is 5.93. The third-order valence-corrected chi connectivity index (χ3v) is 5.16. The maximum atomic E-state index is 12.8. The van der Waals surface area contributed by atoms with E-state index in [4.69, 9.17) is 5.73 Å². The van der Waals surface area contributed by atoms with E-state index in [1.807, 2.05) is 24.1 Å². The molecule has 6 heteroatoms. The molecule has 2 fully saturated rings. The highest BCUT2D eigenvalue weighted by Crippen LogP contribution is 2.31. The van der Waals surface area contributed by atoms with Gasteiger partial charge in [0.25, 0.3) is 0 Å². The second kappa shape index (κ2) is 7.30. The zero-order valence-corrected chi connectivity index (χ0v) is 14.9. The number of piperidine rings is 1. The number of amides is 2. The Morgan fingerprint density at radius 2 is 1.71 bits per heavy atom. The zero-order valence-electron chi connectivity index (χ0n) is 14.9. The van der Waals surface area contributed by atoms with Crippen molar-refractivity contribution in [2.75, 3.05) is 68.9 Å². The van der Waals surface area contributed by atoms with E-state index >= 15 is 0 Å². The molecule has 0 spiro atoms. The smallest absolute Gasteiger partial charge is 0.324 e. The number of urea groups is 1. The third-order valence-electron chi connectivity index (χ3n) is 5.16. The number of nitrogens with zero attached hydrogens (tertiary/aromatic N) is 4. The Hall–Kier alpha value is -1.95. The molecule has 0 radical (unpaired) electrons. The van der Waals surface area contributed by atoms with Gasteiger partial charge < -0.3 is 20.4 Å². The fraction of sp³-hybridized carbons (Fsp3) is 0.611. The molecule has 1 aromatic carbocycles. The van der Waals surface area contributed by atoms with Gasteiger partial charge in [0.15, 0.2) is 0 Å². The van der Waals surface area contributed by atoms with Crippen molar-refractivity contribution in [2.24, 2.45) is 0 Å². The Bertz CT molecular complexity index is 577. The number of hydrogen-bond acceptors (Lipinski definition) is 4. The van der Waals surface area contributed by atoms with Crippen LogP contribution in [0.5, 0.6) is 0 Å². The maximum Gasteiger partial charge on any atom is 0.324 e. The SMILES string of the molecule is CN1CCN(C(=O)N(C)c2ccc(N)c(N3CCCCC3)c2)CC1. The molecule has 2 N–H and O–H groups in total. The van der Waals surface area contributed by atoms with Crippen LogP contribution in [0, 0.1) is 0 Å². The van der Waals surface area contributed by atoms with Crippen molar-refractivity contribution in [1.82, 2.24) is 9.80 Å². The van der Waals surface area contributed by atoms with E-state index in [1.54, 1.807) is 4.90 Å². The fourth-order valence-corrected chi connectivity index (χ4v) is 3.47. The number of nitrogen functional groups attached to an aromatic ring is 1. The molecule has 0 unspecified atom stereocenters. The minimum Gasteiger partial charge on any atom is -0.397 e. The summed E-state index contributed by atoms with van der Waals surface area (Å²) in [6.07, 6.45) is 3.71. The zero-order chi connectivity index (χ0) is 17.1. The Morgan fingerprint density at radius 1 is 1.04 bits per heavy atom. The molecular formula is C18H29N5O. The normalized spacial score (nSPS) is 19.4. The second-order valence-corrected chi connectivity index (χ2v) is 6.92. The van der Waals surface area contributed by atoms with E-state index in [2.05, 4.69) is 22.9 Å². The molecule has 0 bridgehead atoms. The first kappa shape index (κ1) is 16.9. The van der Waals surface area contributed by atoms with Crippen LogP contribution >= 0.6 is 0 Å². The summed E-state index contributed by atoms with van der Waals surface area (Å²) in [6.45, 7) is 5.52. The first-order valence-corrected chi connectivity index (χ1v) is 8.92. The molecule has 2 heterocycles. The summed E-state index contributed by atoms with van der Waals surface area (Å²) in [6, 6.07) is 6.00. The van der Waals surface area contributed by atoms with Gasteiger partial charge in [0, 0.05) is 52.0 Å². The summed E-state index contributed by atoms with van der Waals surface area (Å²) in [4.78, 5) is 21.0. The largest absolute Gasteiger partial charge is 0.397 e. The molecule has 2 amide bonds. The molecule has 2 aliphatic heterocycles. The molecule has 2 aliphatic rings. The molecule has 132 valence electrons. The van der Waals surface area contributed by atoms with Gasteiger partial charge in [0.1, 0.15) is 0 Å². The highest BCUT2D eigenvalue weighted by Gasteiger charge is 2.23. The molecule has 24 heavy (non-hydrogen) atoms. The fourth-order valence-electron chi connectivity index (χ4n) is 3.47. The average molecular weight is 331 g/mol. The van der Waals surface area contributed by atoms with Gasteiger partial charge >= 0.3 is 6.03 Å². The van der Waals surface area contributed by atoms with Crippen LogP contribution in [0.4, 0.5) is 21.9 Å². The van der Waals surface area contributed by atoms with Crippen LogP contribution in [0.25, 0.3) is 0 Å². The van der Waals surface area contributed by atoms with E-state index in [-0.39, 0.29) is 6.03 Å². The van der Waals surface area contributed by atoms with E-state index in [0.29, 0.717) is 0 Å². The summed E-state index contributed by atoms with van der Waals surface area (Å²) >= 11 is 0. The predicted molar refractivity (Wildman–Crippen MR) is 99.8 cm³/mol. The van der Waals surface area contributed by atoms with E-state index in [9.17, 15) is 4.79 Å². The summed E-state index contributed by atoms with van der Waals surface area (Å²) in [5.74, 6) is 0. The molecule has 0 atom stereocenters. The topological polar surface area (TPSA) is 56.1 Å². The Kier molecular flexibility index (Phi) is 5.14. The van der Waals surface area contributed by atoms with Crippen LogP contribution in [-0.4, -0.2) is 69.2 Å². The average Bonchev–Trinajstić information content (AvgIpc) is 2.62. The lowest BCUT2D eigenvalue weighted by Crippen LogP contribution is -2.51. The van der Waals surface area contributed by atoms with Crippen molar-refractivity contribution >= 4 is 23.1 Å². The second-order valence-electron chi connectivity index (χ2n) is 6.92. The Labute approximate surface area is 144 Å². The van der Waals surface area contributed by atoms with E-state index in [1.165, 1.54) is 19.3 Å². The van der Waals surface area contributed by atoms with Crippen LogP contribution in [0.1, 0.15) is 19.3 Å². The van der Waals surface area contributed by atoms with Gasteiger partial charge in [-0.3, -0.25) is 4.90 Å². The first-order chi connectivity index (χ1) is 11.6. The van der Waals surface area contributed by atoms with Crippen molar-refractivity contribution in [2.45, 2.75) is 19.3 Å². The standard InChI is InChI=1S/C18H29N5O/c1-20-10-12-23(13-11-20)18(24)21(2)15-6-7-16(19)17(14-15)22-8-4-3-5-9-22/h6-7,14H,3-5,8-13,19H2,1-2H3. The Balaban J connectivity index is 1.74. The maximum absolute atomic E-state index is 12.8. The quantitative estimate of drug-likeness (QED) is 0.843. The number of carbonyl (C=O) groups excluding carboxylic acids is 1. The molecular weight excluding hydrogens is 302 g/mol. The summed E-state index contributed by atoms with van der Waals surface area (Å²) < 4.78 is 0. The van der Waals surface area contributed by atoms with Gasteiger partial charge in [-0.25, -0.2) is 4.79 Å². The minimum atomic E-state index is 0.0671. The number of likely N-dealkylation sites (N-methyl/N-ethyl adjacent to an activating group) is 1. The lowest BCUT2D eigenvalue weighted by atomic mass is 10.1. The van der Waals surface area contributed by atoms with Gasteiger partial charge in [-0.1, -0.05) is 0 Å². The number of nitrogens with two attached hydrogens (primary N) is 1. The van der Waals surface area contributed by atoms with E-state index in [0.717, 1.165) is 56.3 Å². The summed E-state index contributed by atoms with van der Waals surface area (Å²) in [7, 11) is 3.95. The van der Waals surface area contributed by atoms with Crippen LogP contribution in [0.2, 0.25) is 0 Å². The van der Waals surface area contributed by atoms with Crippen LogP contribution in [0.15, 0.2) is 18.2 Å². The number of anilines is 3. The van der Waals surface area contributed by atoms with E-state index < -0.39 is 0 Å². The highest BCUT2D eigenvalue weighted by atomic mass is 16.2. The van der Waals surface area contributed by atoms with Crippen molar-refractivity contribution in [3.63, 3.8) is 0 Å². The number of hydrogen-bond donors (Lipinski definition) is 1. The van der Waals surface area contributed by atoms with Crippen molar-refractivity contribution in [1.29, 1.82) is 0 Å². The van der Waals surface area contributed by atoms with Crippen LogP contribution in [-0.2, 0) is 0 Å². The molecule has 6 nitrogen and oxygen atoms in total. The molecule has 0 aromatic heterocycles. The van der Waals surface area contributed by atoms with Crippen LogP contribution in [0.3, 0.4) is 0 Å². The molecule has 1 aromatic rings. The summed E-state index contributed by atoms with van der Waals surface area (Å²) in [5, 5.41) is 0. The monoisotopic (exact) mass is 331 g/mol. The minimum absolute atomic E-state index is 0.0671. The molecule has 2 saturated heterocycles. The summed E-state index contributed by atoms with van der Waals surface area (Å²) in [5.41, 5.74) is 8.96. The van der Waals surface area contributed by atoms with Gasteiger partial charge in [-0.2, -0.15) is 0 Å². The van der Waals surface area contributed by atoms with Crippen LogP contribution < -0.4 is 15.5 Å². The van der Waals surface area contributed by atoms with Crippen molar-refractivity contribution in [3.05, 3.63) is 18.2 Å². The number of piperazine rings is 1. The lowest BCUT2D eigenvalue weighted by molar-refractivity contribution is 0.160. The molecule has 0 aliphatic carbocycles. The number of carbonyl (C=O) groups is 1. The number of benzene rings is 1. The first-order valence-electron chi connectivity index (χ1n) is 8.92. The van der Waals surface area contributed by atoms with Gasteiger partial charge in [0.05, 0.1) is 11.4 Å².